The number of phenolic OH excluding ortho intramolecular Hbond substituents is 1. The van der Waals surface area contributed by atoms with Crippen molar-refractivity contribution in [3.63, 3.8) is 0 Å². The zero-order valence-electron chi connectivity index (χ0n) is 12.1. The minimum absolute atomic E-state index is 0.0400. The number of hydrogen-bond donors (Lipinski definition) is 1. The molecule has 0 bridgehead atoms. The summed E-state index contributed by atoms with van der Waals surface area (Å²) in [6.45, 7) is 5.82. The number of rotatable bonds is 3. The maximum atomic E-state index is 12.3. The Bertz CT molecular complexity index is 647. The number of carbonyl (C=O) groups excluding carboxylic acids is 1. The molecule has 0 spiro atoms. The number of aromatic nitrogens is 1. The van der Waals surface area contributed by atoms with Gasteiger partial charge in [-0.25, -0.2) is 0 Å². The van der Waals surface area contributed by atoms with E-state index >= 15 is 0 Å². The Hall–Kier alpha value is -2.30. The Morgan fingerprint density at radius 2 is 2.05 bits per heavy atom. The highest BCUT2D eigenvalue weighted by molar-refractivity contribution is 5.97. The number of aromatic hydroxyl groups is 1. The van der Waals surface area contributed by atoms with Crippen molar-refractivity contribution in [1.29, 1.82) is 0 Å². The van der Waals surface area contributed by atoms with Gasteiger partial charge in [-0.1, -0.05) is 11.2 Å². The van der Waals surface area contributed by atoms with Crippen LogP contribution in [0.2, 0.25) is 0 Å². The molecule has 0 aliphatic heterocycles. The van der Waals surface area contributed by atoms with Crippen molar-refractivity contribution in [2.75, 3.05) is 7.05 Å². The van der Waals surface area contributed by atoms with Crippen LogP contribution in [0.3, 0.4) is 0 Å². The SMILES string of the molecule is Cc1cc(CN(C)C(=O)c2ccc(C)c(C)c2O)no1. The summed E-state index contributed by atoms with van der Waals surface area (Å²) < 4.78 is 4.97. The van der Waals surface area contributed by atoms with Crippen LogP contribution in [0.4, 0.5) is 0 Å². The van der Waals surface area contributed by atoms with Gasteiger partial charge in [0.05, 0.1) is 12.1 Å². The predicted molar refractivity (Wildman–Crippen MR) is 74.6 cm³/mol. The Morgan fingerprint density at radius 3 is 2.65 bits per heavy atom. The summed E-state index contributed by atoms with van der Waals surface area (Å²) in [7, 11) is 1.67. The molecular weight excluding hydrogens is 256 g/mol. The molecule has 1 heterocycles. The van der Waals surface area contributed by atoms with Crippen molar-refractivity contribution in [1.82, 2.24) is 10.1 Å². The summed E-state index contributed by atoms with van der Waals surface area (Å²) in [5.74, 6) is 0.499. The van der Waals surface area contributed by atoms with Gasteiger partial charge in [-0.2, -0.15) is 0 Å². The highest BCUT2D eigenvalue weighted by Gasteiger charge is 2.18. The number of benzene rings is 1. The van der Waals surface area contributed by atoms with Crippen molar-refractivity contribution in [2.24, 2.45) is 0 Å². The summed E-state index contributed by atoms with van der Waals surface area (Å²) in [5, 5.41) is 13.9. The molecule has 0 aliphatic rings. The topological polar surface area (TPSA) is 66.6 Å². The zero-order valence-corrected chi connectivity index (χ0v) is 12.1. The average Bonchev–Trinajstić information content (AvgIpc) is 2.81. The Morgan fingerprint density at radius 1 is 1.35 bits per heavy atom. The van der Waals surface area contributed by atoms with Crippen molar-refractivity contribution < 1.29 is 14.4 Å². The number of amides is 1. The summed E-state index contributed by atoms with van der Waals surface area (Å²) in [5.41, 5.74) is 2.66. The monoisotopic (exact) mass is 274 g/mol. The second-order valence-electron chi connectivity index (χ2n) is 4.99. The molecule has 1 aromatic carbocycles. The van der Waals surface area contributed by atoms with E-state index in [4.69, 9.17) is 4.52 Å². The van der Waals surface area contributed by atoms with E-state index in [1.165, 1.54) is 4.90 Å². The van der Waals surface area contributed by atoms with Gasteiger partial charge in [-0.05, 0) is 38.0 Å². The first-order chi connectivity index (χ1) is 9.40. The number of phenols is 1. The lowest BCUT2D eigenvalue weighted by atomic mass is 10.0. The number of aryl methyl sites for hydroxylation is 2. The normalized spacial score (nSPS) is 10.6. The third-order valence-electron chi connectivity index (χ3n) is 3.35. The van der Waals surface area contributed by atoms with Gasteiger partial charge in [0.2, 0.25) is 0 Å². The maximum Gasteiger partial charge on any atom is 0.257 e. The molecule has 1 aromatic heterocycles. The summed E-state index contributed by atoms with van der Waals surface area (Å²) in [4.78, 5) is 13.8. The fraction of sp³-hybridized carbons (Fsp3) is 0.333. The van der Waals surface area contributed by atoms with Crippen LogP contribution in [0.15, 0.2) is 22.7 Å². The van der Waals surface area contributed by atoms with E-state index in [0.29, 0.717) is 23.6 Å². The molecule has 0 fully saturated rings. The Balaban J connectivity index is 2.21. The molecule has 0 unspecified atom stereocenters. The highest BCUT2D eigenvalue weighted by atomic mass is 16.5. The third kappa shape index (κ3) is 2.66. The quantitative estimate of drug-likeness (QED) is 0.934. The molecule has 2 aromatic rings. The maximum absolute atomic E-state index is 12.3. The van der Waals surface area contributed by atoms with Gasteiger partial charge in [0, 0.05) is 13.1 Å². The van der Waals surface area contributed by atoms with Crippen molar-refractivity contribution >= 4 is 5.91 Å². The van der Waals surface area contributed by atoms with E-state index in [1.807, 2.05) is 13.0 Å². The van der Waals surface area contributed by atoms with Crippen LogP contribution in [0.1, 0.15) is 32.9 Å². The molecule has 2 rings (SSSR count). The summed E-state index contributed by atoms with van der Waals surface area (Å²) in [6.07, 6.45) is 0. The minimum atomic E-state index is -0.244. The van der Waals surface area contributed by atoms with Crippen LogP contribution < -0.4 is 0 Å². The fourth-order valence-corrected chi connectivity index (χ4v) is 1.99. The molecule has 20 heavy (non-hydrogen) atoms. The minimum Gasteiger partial charge on any atom is -0.507 e. The Labute approximate surface area is 117 Å². The van der Waals surface area contributed by atoms with Gasteiger partial charge < -0.3 is 14.5 Å². The molecule has 0 saturated heterocycles. The number of nitrogens with zero attached hydrogens (tertiary/aromatic N) is 2. The van der Waals surface area contributed by atoms with Gasteiger partial charge in [-0.15, -0.1) is 0 Å². The molecule has 0 aliphatic carbocycles. The molecule has 5 heteroatoms. The van der Waals surface area contributed by atoms with Crippen LogP contribution >= 0.6 is 0 Å². The predicted octanol–water partition coefficient (Wildman–Crippen LogP) is 2.58. The molecule has 5 nitrogen and oxygen atoms in total. The van der Waals surface area contributed by atoms with Gasteiger partial charge >= 0.3 is 0 Å². The van der Waals surface area contributed by atoms with Crippen LogP contribution in [0.5, 0.6) is 5.75 Å². The van der Waals surface area contributed by atoms with Crippen LogP contribution in [-0.2, 0) is 6.54 Å². The largest absolute Gasteiger partial charge is 0.507 e. The summed E-state index contributed by atoms with van der Waals surface area (Å²) in [6, 6.07) is 5.25. The lowest BCUT2D eigenvalue weighted by molar-refractivity contribution is 0.0779. The molecule has 0 saturated carbocycles. The number of hydrogen-bond acceptors (Lipinski definition) is 4. The second kappa shape index (κ2) is 5.36. The van der Waals surface area contributed by atoms with E-state index in [1.54, 1.807) is 33.0 Å². The summed E-state index contributed by atoms with van der Waals surface area (Å²) >= 11 is 0. The van der Waals surface area contributed by atoms with Crippen LogP contribution in [0.25, 0.3) is 0 Å². The molecule has 0 atom stereocenters. The smallest absolute Gasteiger partial charge is 0.257 e. The Kier molecular flexibility index (Phi) is 3.79. The van der Waals surface area contributed by atoms with Gasteiger partial charge in [0.1, 0.15) is 17.2 Å². The second-order valence-corrected chi connectivity index (χ2v) is 4.99. The molecule has 0 radical (unpaired) electrons. The standard InChI is InChI=1S/C15H18N2O3/c1-9-5-6-13(14(18)11(9)3)15(19)17(4)8-12-7-10(2)20-16-12/h5-7,18H,8H2,1-4H3. The molecule has 1 amide bonds. The molecule has 1 N–H and O–H groups in total. The van der Waals surface area contributed by atoms with Gasteiger partial charge in [0.25, 0.3) is 5.91 Å². The first kappa shape index (κ1) is 14.1. The first-order valence-electron chi connectivity index (χ1n) is 6.37. The molecule has 106 valence electrons. The van der Waals surface area contributed by atoms with E-state index in [-0.39, 0.29) is 11.7 Å². The van der Waals surface area contributed by atoms with Crippen LogP contribution in [0, 0.1) is 20.8 Å². The first-order valence-corrected chi connectivity index (χ1v) is 6.37. The van der Waals surface area contributed by atoms with Crippen molar-refractivity contribution in [3.05, 3.63) is 46.3 Å². The lowest BCUT2D eigenvalue weighted by Gasteiger charge is -2.17. The highest BCUT2D eigenvalue weighted by Crippen LogP contribution is 2.26. The van der Waals surface area contributed by atoms with Crippen molar-refractivity contribution in [2.45, 2.75) is 27.3 Å². The van der Waals surface area contributed by atoms with Crippen molar-refractivity contribution in [3.8, 4) is 5.75 Å². The molecular formula is C15H18N2O3. The average molecular weight is 274 g/mol. The van der Waals surface area contributed by atoms with Crippen LogP contribution in [-0.4, -0.2) is 28.1 Å². The van der Waals surface area contributed by atoms with Gasteiger partial charge in [0.15, 0.2) is 0 Å². The zero-order chi connectivity index (χ0) is 14.9. The third-order valence-corrected chi connectivity index (χ3v) is 3.35. The fourth-order valence-electron chi connectivity index (χ4n) is 1.99. The van der Waals surface area contributed by atoms with E-state index in [9.17, 15) is 9.90 Å². The van der Waals surface area contributed by atoms with Gasteiger partial charge in [-0.3, -0.25) is 4.79 Å². The number of carbonyl (C=O) groups is 1. The van der Waals surface area contributed by atoms with E-state index in [0.717, 1.165) is 11.1 Å². The van der Waals surface area contributed by atoms with E-state index < -0.39 is 0 Å². The lowest BCUT2D eigenvalue weighted by Crippen LogP contribution is -2.26. The van der Waals surface area contributed by atoms with E-state index in [2.05, 4.69) is 5.16 Å².